The third-order valence-corrected chi connectivity index (χ3v) is 3.12. The van der Waals surface area contributed by atoms with Crippen LogP contribution in [0.4, 0.5) is 0 Å². The molecule has 2 aromatic rings. The zero-order valence-electron chi connectivity index (χ0n) is 9.95. The molecule has 0 aliphatic rings. The highest BCUT2D eigenvalue weighted by Crippen LogP contribution is 2.14. The van der Waals surface area contributed by atoms with E-state index >= 15 is 0 Å². The normalized spacial score (nSPS) is 10.3. The molecule has 0 fully saturated rings. The van der Waals surface area contributed by atoms with Gasteiger partial charge in [-0.2, -0.15) is 0 Å². The molecule has 0 radical (unpaired) electrons. The van der Waals surface area contributed by atoms with Crippen molar-refractivity contribution >= 4 is 11.8 Å². The third-order valence-electron chi connectivity index (χ3n) is 2.28. The molecule has 1 aromatic carbocycles. The molecule has 18 heavy (non-hydrogen) atoms. The molecule has 0 amide bonds. The van der Waals surface area contributed by atoms with Gasteiger partial charge in [0.15, 0.2) is 5.16 Å². The first-order valence-electron chi connectivity index (χ1n) is 5.70. The third kappa shape index (κ3) is 4.01. The average Bonchev–Trinajstić information content (AvgIpc) is 2.45. The van der Waals surface area contributed by atoms with E-state index in [9.17, 15) is 0 Å². The minimum Gasteiger partial charge on any atom is -0.493 e. The van der Waals surface area contributed by atoms with Gasteiger partial charge >= 0.3 is 0 Å². The van der Waals surface area contributed by atoms with Crippen LogP contribution in [0, 0.1) is 0 Å². The Kier molecular flexibility index (Phi) is 4.99. The second-order valence-electron chi connectivity index (χ2n) is 3.58. The summed E-state index contributed by atoms with van der Waals surface area (Å²) in [6.45, 7) is 1.19. The summed E-state index contributed by atoms with van der Waals surface area (Å²) in [6.07, 6.45) is 3.48. The molecule has 2 rings (SSSR count). The van der Waals surface area contributed by atoms with Gasteiger partial charge < -0.3 is 10.5 Å². The number of hydrogen-bond acceptors (Lipinski definition) is 5. The van der Waals surface area contributed by atoms with Gasteiger partial charge in [0.1, 0.15) is 5.75 Å². The number of ether oxygens (including phenoxy) is 1. The Morgan fingerprint density at radius 1 is 1.11 bits per heavy atom. The molecule has 0 aliphatic carbocycles. The largest absolute Gasteiger partial charge is 0.493 e. The molecule has 2 N–H and O–H groups in total. The van der Waals surface area contributed by atoms with Gasteiger partial charge in [-0.3, -0.25) is 0 Å². The maximum atomic E-state index is 5.61. The fourth-order valence-corrected chi connectivity index (χ4v) is 1.99. The van der Waals surface area contributed by atoms with Crippen molar-refractivity contribution in [3.8, 4) is 5.75 Å². The number of nitrogens with two attached hydrogens (primary N) is 1. The molecule has 1 aromatic heterocycles. The Bertz CT molecular complexity index is 461. The van der Waals surface area contributed by atoms with Gasteiger partial charge in [0.25, 0.3) is 0 Å². The van der Waals surface area contributed by atoms with Crippen LogP contribution >= 0.6 is 11.8 Å². The van der Waals surface area contributed by atoms with Crippen LogP contribution in [0.2, 0.25) is 0 Å². The molecule has 0 saturated heterocycles. The summed E-state index contributed by atoms with van der Waals surface area (Å²) in [5.74, 6) is 1.68. The van der Waals surface area contributed by atoms with E-state index in [-0.39, 0.29) is 0 Å². The summed E-state index contributed by atoms with van der Waals surface area (Å²) in [5.41, 5.74) is 6.63. The fourth-order valence-electron chi connectivity index (χ4n) is 1.37. The molecule has 0 aliphatic heterocycles. The molecule has 0 atom stereocenters. The quantitative estimate of drug-likeness (QED) is 0.490. The van der Waals surface area contributed by atoms with Crippen LogP contribution in [0.3, 0.4) is 0 Å². The molecule has 4 nitrogen and oxygen atoms in total. The highest BCUT2D eigenvalue weighted by molar-refractivity contribution is 7.99. The van der Waals surface area contributed by atoms with E-state index in [4.69, 9.17) is 10.5 Å². The maximum Gasteiger partial charge on any atom is 0.187 e. The van der Waals surface area contributed by atoms with E-state index in [1.165, 1.54) is 0 Å². The molecular formula is C13H15N3OS. The Morgan fingerprint density at radius 2 is 1.83 bits per heavy atom. The lowest BCUT2D eigenvalue weighted by Crippen LogP contribution is -2.01. The minimum atomic E-state index is 0.557. The first-order valence-corrected chi connectivity index (χ1v) is 6.68. The van der Waals surface area contributed by atoms with Crippen molar-refractivity contribution in [2.24, 2.45) is 5.73 Å². The zero-order valence-corrected chi connectivity index (χ0v) is 10.8. The molecule has 0 unspecified atom stereocenters. The Balaban J connectivity index is 1.72. The lowest BCUT2D eigenvalue weighted by molar-refractivity contribution is 0.344. The zero-order chi connectivity index (χ0) is 12.6. The highest BCUT2D eigenvalue weighted by Gasteiger charge is 1.97. The molecular weight excluding hydrogens is 246 g/mol. The number of benzene rings is 1. The predicted molar refractivity (Wildman–Crippen MR) is 72.6 cm³/mol. The summed E-state index contributed by atoms with van der Waals surface area (Å²) in [6, 6.07) is 9.63. The molecule has 0 bridgehead atoms. The standard InChI is InChI=1S/C13H15N3OS/c14-10-11-2-4-12(5-3-11)17-8-9-18-13-15-6-1-7-16-13/h1-7H,8-10,14H2. The van der Waals surface area contributed by atoms with Crippen LogP contribution in [0.1, 0.15) is 5.56 Å². The fraction of sp³-hybridized carbons (Fsp3) is 0.231. The number of rotatable bonds is 6. The first kappa shape index (κ1) is 12.9. The maximum absolute atomic E-state index is 5.61. The van der Waals surface area contributed by atoms with E-state index in [0.717, 1.165) is 22.2 Å². The Hall–Kier alpha value is -1.59. The van der Waals surface area contributed by atoms with Crippen LogP contribution in [0.15, 0.2) is 47.9 Å². The van der Waals surface area contributed by atoms with E-state index < -0.39 is 0 Å². The van der Waals surface area contributed by atoms with Gasteiger partial charge in [-0.25, -0.2) is 9.97 Å². The van der Waals surface area contributed by atoms with Crippen molar-refractivity contribution in [3.05, 3.63) is 48.3 Å². The van der Waals surface area contributed by atoms with E-state index in [0.29, 0.717) is 13.2 Å². The van der Waals surface area contributed by atoms with Crippen molar-refractivity contribution in [3.63, 3.8) is 0 Å². The topological polar surface area (TPSA) is 61.0 Å². The molecule has 1 heterocycles. The SMILES string of the molecule is NCc1ccc(OCCSc2ncccn2)cc1. The van der Waals surface area contributed by atoms with Crippen molar-refractivity contribution in [2.45, 2.75) is 11.7 Å². The molecule has 94 valence electrons. The first-order chi connectivity index (χ1) is 8.88. The monoisotopic (exact) mass is 261 g/mol. The lowest BCUT2D eigenvalue weighted by atomic mass is 10.2. The summed E-state index contributed by atoms with van der Waals surface area (Å²) in [5, 5.41) is 0.777. The van der Waals surface area contributed by atoms with E-state index in [1.807, 2.05) is 24.3 Å². The van der Waals surface area contributed by atoms with Gasteiger partial charge in [-0.05, 0) is 23.8 Å². The second-order valence-corrected chi connectivity index (χ2v) is 4.64. The smallest absolute Gasteiger partial charge is 0.187 e. The van der Waals surface area contributed by atoms with Crippen LogP contribution in [0.25, 0.3) is 0 Å². The van der Waals surface area contributed by atoms with E-state index in [1.54, 1.807) is 30.2 Å². The minimum absolute atomic E-state index is 0.557. The lowest BCUT2D eigenvalue weighted by Gasteiger charge is -2.06. The number of aromatic nitrogens is 2. The van der Waals surface area contributed by atoms with Crippen molar-refractivity contribution in [1.29, 1.82) is 0 Å². The van der Waals surface area contributed by atoms with Gasteiger partial charge in [0.05, 0.1) is 6.61 Å². The summed E-state index contributed by atoms with van der Waals surface area (Å²) in [7, 11) is 0. The second kappa shape index (κ2) is 6.98. The van der Waals surface area contributed by atoms with Crippen LogP contribution in [-0.4, -0.2) is 22.3 Å². The molecule has 0 saturated carbocycles. The summed E-state index contributed by atoms with van der Waals surface area (Å²) >= 11 is 1.58. The van der Waals surface area contributed by atoms with Crippen molar-refractivity contribution < 1.29 is 4.74 Å². The van der Waals surface area contributed by atoms with Gasteiger partial charge in [-0.15, -0.1) is 0 Å². The van der Waals surface area contributed by atoms with Gasteiger partial charge in [-0.1, -0.05) is 23.9 Å². The molecule has 0 spiro atoms. The van der Waals surface area contributed by atoms with Crippen molar-refractivity contribution in [2.75, 3.05) is 12.4 Å². The number of nitrogens with zero attached hydrogens (tertiary/aromatic N) is 2. The van der Waals surface area contributed by atoms with Crippen molar-refractivity contribution in [1.82, 2.24) is 9.97 Å². The Labute approximate surface area is 111 Å². The van der Waals surface area contributed by atoms with Gasteiger partial charge in [0, 0.05) is 24.7 Å². The van der Waals surface area contributed by atoms with E-state index in [2.05, 4.69) is 9.97 Å². The Morgan fingerprint density at radius 3 is 2.50 bits per heavy atom. The predicted octanol–water partition coefficient (Wildman–Crippen LogP) is 2.11. The summed E-state index contributed by atoms with van der Waals surface area (Å²) in [4.78, 5) is 8.26. The van der Waals surface area contributed by atoms with Crippen LogP contribution < -0.4 is 10.5 Å². The highest BCUT2D eigenvalue weighted by atomic mass is 32.2. The summed E-state index contributed by atoms with van der Waals surface area (Å²) < 4.78 is 5.61. The van der Waals surface area contributed by atoms with Crippen LogP contribution in [0.5, 0.6) is 5.75 Å². The number of hydrogen-bond donors (Lipinski definition) is 1. The van der Waals surface area contributed by atoms with Crippen LogP contribution in [-0.2, 0) is 6.54 Å². The number of thioether (sulfide) groups is 1. The molecule has 5 heteroatoms. The van der Waals surface area contributed by atoms with Gasteiger partial charge in [0.2, 0.25) is 0 Å². The average molecular weight is 261 g/mol.